The first-order valence-electron chi connectivity index (χ1n) is 17.7. The van der Waals surface area contributed by atoms with Crippen LogP contribution in [0, 0.1) is 29.1 Å². The van der Waals surface area contributed by atoms with Crippen LogP contribution in [0.1, 0.15) is 98.7 Å². The molecule has 1 aromatic heterocycles. The summed E-state index contributed by atoms with van der Waals surface area (Å²) < 4.78 is 5.49. The highest BCUT2D eigenvalue weighted by Gasteiger charge is 2.50. The number of terminal acetylenes is 1. The van der Waals surface area contributed by atoms with E-state index in [0.717, 1.165) is 37.9 Å². The fraction of sp³-hybridized carbons (Fsp3) is 0.658. The molecule has 0 aromatic carbocycles. The fourth-order valence-corrected chi connectivity index (χ4v) is 8.15. The molecule has 0 spiro atoms. The van der Waals surface area contributed by atoms with Crippen molar-refractivity contribution in [3.8, 4) is 12.3 Å². The molecule has 1 aliphatic heterocycles. The highest BCUT2D eigenvalue weighted by atomic mass is 32.2. The molecule has 2 heterocycles. The standard InChI is InChI=1S/C38H57N5O6S/c1-9-11-17-28(30(44)33(46)39-21-10-2)40-32(45)29-27(36(3,4)5)18-22-43(29)34(47)31(37(6,7)8)41-35(48)42-38(19-13-12-14-20-38)25-50-24-26-16-15-23-49-26/h1,10,15-16,23,27-29,31H,2,11-14,17-22,24-25H2,3-8H3,(H,39,46)(H,40,45)(H2,41,42,48)/t27?,28?,29?,31-/m1/s1. The predicted molar refractivity (Wildman–Crippen MR) is 197 cm³/mol. The number of thioether (sulfide) groups is 1. The van der Waals surface area contributed by atoms with Crippen LogP contribution in [0.5, 0.6) is 0 Å². The van der Waals surface area contributed by atoms with Gasteiger partial charge in [0.15, 0.2) is 0 Å². The molecule has 4 atom stereocenters. The number of urea groups is 1. The first-order valence-corrected chi connectivity index (χ1v) is 18.8. The SMILES string of the molecule is C#CCCC(NC(=O)C1C(C(C)(C)C)CCN1C(=O)[C@@H](NC(=O)NC1(CSCc2ccco2)CCCCC1)C(C)(C)C)C(=O)C(=O)NCC=C. The summed E-state index contributed by atoms with van der Waals surface area (Å²) in [5.74, 6) is 1.93. The van der Waals surface area contributed by atoms with Gasteiger partial charge in [0.1, 0.15) is 17.8 Å². The van der Waals surface area contributed by atoms with E-state index in [1.54, 1.807) is 18.0 Å². The van der Waals surface area contributed by atoms with E-state index >= 15 is 0 Å². The van der Waals surface area contributed by atoms with Gasteiger partial charge in [-0.2, -0.15) is 11.8 Å². The summed E-state index contributed by atoms with van der Waals surface area (Å²) in [5.41, 5.74) is -1.49. The smallest absolute Gasteiger partial charge is 0.315 e. The Morgan fingerprint density at radius 2 is 1.82 bits per heavy atom. The molecule has 3 rings (SSSR count). The Morgan fingerprint density at radius 1 is 1.12 bits per heavy atom. The van der Waals surface area contributed by atoms with Crippen LogP contribution in [0.3, 0.4) is 0 Å². The van der Waals surface area contributed by atoms with E-state index in [1.165, 1.54) is 11.0 Å². The summed E-state index contributed by atoms with van der Waals surface area (Å²) in [4.78, 5) is 69.7. The van der Waals surface area contributed by atoms with E-state index < -0.39 is 52.7 Å². The molecule has 1 saturated carbocycles. The summed E-state index contributed by atoms with van der Waals surface area (Å²) >= 11 is 1.71. The summed E-state index contributed by atoms with van der Waals surface area (Å²) in [5, 5.41) is 11.5. The first kappa shape index (κ1) is 40.7. The van der Waals surface area contributed by atoms with Crippen molar-refractivity contribution in [3.63, 3.8) is 0 Å². The molecule has 2 fully saturated rings. The maximum atomic E-state index is 14.5. The number of Topliss-reactive ketones (excluding diaryl/α,β-unsaturated/α-hetero) is 1. The molecule has 5 amide bonds. The Bertz CT molecular complexity index is 1380. The zero-order valence-corrected chi connectivity index (χ0v) is 31.5. The topological polar surface area (TPSA) is 150 Å². The highest BCUT2D eigenvalue weighted by Crippen LogP contribution is 2.40. The highest BCUT2D eigenvalue weighted by molar-refractivity contribution is 7.98. The first-order chi connectivity index (χ1) is 23.5. The molecule has 0 bridgehead atoms. The van der Waals surface area contributed by atoms with Gasteiger partial charge in [-0.3, -0.25) is 19.2 Å². The summed E-state index contributed by atoms with van der Waals surface area (Å²) in [6, 6.07) is 0.334. The number of carbonyl (C=O) groups excluding carboxylic acids is 5. The zero-order chi connectivity index (χ0) is 37.1. The van der Waals surface area contributed by atoms with Gasteiger partial charge in [-0.1, -0.05) is 66.9 Å². The van der Waals surface area contributed by atoms with Gasteiger partial charge in [-0.15, -0.1) is 18.9 Å². The van der Waals surface area contributed by atoms with Crippen molar-refractivity contribution in [1.82, 2.24) is 26.2 Å². The molecule has 2 aliphatic rings. The minimum atomic E-state index is -1.17. The molecule has 1 aromatic rings. The molecule has 0 radical (unpaired) electrons. The van der Waals surface area contributed by atoms with Crippen LogP contribution >= 0.6 is 11.8 Å². The van der Waals surface area contributed by atoms with E-state index in [-0.39, 0.29) is 36.6 Å². The normalized spacial score (nSPS) is 20.1. The number of furan rings is 1. The van der Waals surface area contributed by atoms with Crippen LogP contribution in [-0.4, -0.2) is 76.9 Å². The maximum absolute atomic E-state index is 14.5. The van der Waals surface area contributed by atoms with Gasteiger partial charge in [-0.25, -0.2) is 4.79 Å². The van der Waals surface area contributed by atoms with Gasteiger partial charge in [0.2, 0.25) is 17.6 Å². The number of carbonyl (C=O) groups is 5. The number of hydrogen-bond donors (Lipinski definition) is 4. The van der Waals surface area contributed by atoms with Crippen LogP contribution in [0.4, 0.5) is 4.79 Å². The van der Waals surface area contributed by atoms with E-state index in [9.17, 15) is 24.0 Å². The number of ketones is 1. The number of nitrogens with zero attached hydrogens (tertiary/aromatic N) is 1. The predicted octanol–water partition coefficient (Wildman–Crippen LogP) is 4.96. The Kier molecular flexibility index (Phi) is 14.6. The summed E-state index contributed by atoms with van der Waals surface area (Å²) in [6.45, 7) is 15.6. The van der Waals surface area contributed by atoms with Crippen LogP contribution in [0.2, 0.25) is 0 Å². The van der Waals surface area contributed by atoms with Crippen LogP contribution in [0.25, 0.3) is 0 Å². The number of likely N-dealkylation sites (tertiary alicyclic amines) is 1. The second-order valence-electron chi connectivity index (χ2n) is 15.7. The Morgan fingerprint density at radius 3 is 2.40 bits per heavy atom. The molecule has 50 heavy (non-hydrogen) atoms. The molecule has 11 nitrogen and oxygen atoms in total. The van der Waals surface area contributed by atoms with Crippen molar-refractivity contribution >= 4 is 41.3 Å². The van der Waals surface area contributed by atoms with E-state index in [4.69, 9.17) is 10.8 Å². The van der Waals surface area contributed by atoms with Gasteiger partial charge >= 0.3 is 6.03 Å². The number of rotatable bonds is 15. The molecule has 1 saturated heterocycles. The summed E-state index contributed by atoms with van der Waals surface area (Å²) in [6.07, 6.45) is 14.1. The third-order valence-electron chi connectivity index (χ3n) is 9.68. The quantitative estimate of drug-likeness (QED) is 0.114. The van der Waals surface area contributed by atoms with Crippen molar-refractivity contribution in [1.29, 1.82) is 0 Å². The van der Waals surface area contributed by atoms with Gasteiger partial charge < -0.3 is 30.6 Å². The van der Waals surface area contributed by atoms with Gasteiger partial charge in [0, 0.05) is 25.3 Å². The lowest BCUT2D eigenvalue weighted by Crippen LogP contribution is -2.63. The molecule has 12 heteroatoms. The van der Waals surface area contributed by atoms with Crippen LogP contribution in [-0.2, 0) is 24.9 Å². The van der Waals surface area contributed by atoms with Crippen molar-refractivity contribution in [2.24, 2.45) is 16.7 Å². The second kappa shape index (κ2) is 18.0. The largest absolute Gasteiger partial charge is 0.468 e. The third-order valence-corrected chi connectivity index (χ3v) is 10.9. The van der Waals surface area contributed by atoms with E-state index in [0.29, 0.717) is 24.5 Å². The van der Waals surface area contributed by atoms with Crippen molar-refractivity contribution in [2.45, 2.75) is 122 Å². The minimum Gasteiger partial charge on any atom is -0.468 e. The lowest BCUT2D eigenvalue weighted by Gasteiger charge is -2.41. The lowest BCUT2D eigenvalue weighted by molar-refractivity contribution is -0.145. The van der Waals surface area contributed by atoms with Crippen molar-refractivity contribution in [3.05, 3.63) is 36.8 Å². The molecule has 4 N–H and O–H groups in total. The number of nitrogens with one attached hydrogen (secondary N) is 4. The van der Waals surface area contributed by atoms with Gasteiger partial charge in [-0.05, 0) is 54.6 Å². The maximum Gasteiger partial charge on any atom is 0.315 e. The number of amides is 5. The van der Waals surface area contributed by atoms with E-state index in [1.807, 2.05) is 53.7 Å². The van der Waals surface area contributed by atoms with E-state index in [2.05, 4.69) is 33.8 Å². The molecule has 276 valence electrons. The number of hydrogen-bond acceptors (Lipinski definition) is 7. The van der Waals surface area contributed by atoms with Crippen LogP contribution < -0.4 is 21.3 Å². The average molecular weight is 712 g/mol. The Balaban J connectivity index is 1.83. The van der Waals surface area contributed by atoms with Gasteiger partial charge in [0.05, 0.1) is 23.6 Å². The van der Waals surface area contributed by atoms with Gasteiger partial charge in [0.25, 0.3) is 5.91 Å². The monoisotopic (exact) mass is 711 g/mol. The average Bonchev–Trinajstić information content (AvgIpc) is 3.74. The molecular weight excluding hydrogens is 655 g/mol. The molecule has 1 aliphatic carbocycles. The minimum absolute atomic E-state index is 0.0668. The van der Waals surface area contributed by atoms with Crippen LogP contribution in [0.15, 0.2) is 35.5 Å². The zero-order valence-electron chi connectivity index (χ0n) is 30.7. The third kappa shape index (κ3) is 11.1. The summed E-state index contributed by atoms with van der Waals surface area (Å²) in [7, 11) is 0. The second-order valence-corrected chi connectivity index (χ2v) is 16.7. The van der Waals surface area contributed by atoms with Crippen molar-refractivity contribution in [2.75, 3.05) is 18.8 Å². The molecular formula is C38H57N5O6S. The Labute approximate surface area is 302 Å². The lowest BCUT2D eigenvalue weighted by atomic mass is 9.75. The fourth-order valence-electron chi connectivity index (χ4n) is 6.93. The molecule has 3 unspecified atom stereocenters. The Hall–Kier alpha value is -3.72. The van der Waals surface area contributed by atoms with Crippen molar-refractivity contribution < 1.29 is 28.4 Å².